The Balaban J connectivity index is 1.83. The molecule has 0 aliphatic heterocycles. The monoisotopic (exact) mass is 520 g/mol. The van der Waals surface area contributed by atoms with Gasteiger partial charge in [0.2, 0.25) is 0 Å². The molecule has 0 saturated carbocycles. The van der Waals surface area contributed by atoms with Crippen LogP contribution in [0.25, 0.3) is 10.6 Å². The zero-order valence-electron chi connectivity index (χ0n) is 20.8. The normalized spacial score (nSPS) is 13.6. The molecule has 2 atom stereocenters. The first-order valence-electron chi connectivity index (χ1n) is 11.6. The van der Waals surface area contributed by atoms with Gasteiger partial charge in [-0.3, -0.25) is 0 Å². The summed E-state index contributed by atoms with van der Waals surface area (Å²) in [7, 11) is 0. The largest absolute Gasteiger partial charge is 0.547 e. The van der Waals surface area contributed by atoms with Gasteiger partial charge in [0.15, 0.2) is 0 Å². The standard InChI is InChI=1S/C27H30F3NO4S/c1-6-34-22(26(32)33)14-19-9-12-21(13-16(19)4)35-23(15(2)3)24-17(5)31-25(36-24)18-7-10-20(11-8-18)27(28,29)30/h7-13,15,22-23H,6,14H2,1-5H3,(H,32,33)/p-1. The Morgan fingerprint density at radius 3 is 2.31 bits per heavy atom. The van der Waals surface area contributed by atoms with Crippen LogP contribution in [0.4, 0.5) is 13.2 Å². The van der Waals surface area contributed by atoms with Crippen LogP contribution >= 0.6 is 11.3 Å². The third-order valence-electron chi connectivity index (χ3n) is 5.77. The molecule has 194 valence electrons. The fraction of sp³-hybridized carbons (Fsp3) is 0.407. The lowest BCUT2D eigenvalue weighted by atomic mass is 10.0. The van der Waals surface area contributed by atoms with E-state index in [4.69, 9.17) is 9.47 Å². The molecule has 0 saturated heterocycles. The molecule has 36 heavy (non-hydrogen) atoms. The number of benzene rings is 2. The number of carbonyl (C=O) groups excluding carboxylic acids is 1. The maximum Gasteiger partial charge on any atom is 0.416 e. The van der Waals surface area contributed by atoms with Gasteiger partial charge in [-0.1, -0.05) is 32.0 Å². The Kier molecular flexibility index (Phi) is 8.79. The second-order valence-corrected chi connectivity index (χ2v) is 9.91. The van der Waals surface area contributed by atoms with Crippen LogP contribution in [0.1, 0.15) is 54.1 Å². The maximum absolute atomic E-state index is 12.9. The van der Waals surface area contributed by atoms with Crippen molar-refractivity contribution in [2.24, 2.45) is 5.92 Å². The summed E-state index contributed by atoms with van der Waals surface area (Å²) in [5, 5.41) is 12.0. The molecule has 0 radical (unpaired) electrons. The minimum atomic E-state index is -4.39. The molecule has 9 heteroatoms. The predicted octanol–water partition coefficient (Wildman–Crippen LogP) is 5.92. The highest BCUT2D eigenvalue weighted by Crippen LogP contribution is 2.39. The lowest BCUT2D eigenvalue weighted by Crippen LogP contribution is -2.39. The molecule has 0 fully saturated rings. The molecule has 1 heterocycles. The fourth-order valence-corrected chi connectivity index (χ4v) is 5.09. The van der Waals surface area contributed by atoms with Gasteiger partial charge in [0.25, 0.3) is 0 Å². The van der Waals surface area contributed by atoms with Crippen LogP contribution in [0.2, 0.25) is 0 Å². The Morgan fingerprint density at radius 1 is 1.11 bits per heavy atom. The molecule has 0 bridgehead atoms. The van der Waals surface area contributed by atoms with Crippen molar-refractivity contribution in [1.82, 2.24) is 4.98 Å². The van der Waals surface area contributed by atoms with Gasteiger partial charge in [0.1, 0.15) is 23.0 Å². The quantitative estimate of drug-likeness (QED) is 0.332. The number of aryl methyl sites for hydroxylation is 2. The predicted molar refractivity (Wildman–Crippen MR) is 131 cm³/mol. The Bertz CT molecular complexity index is 1190. The third-order valence-corrected chi connectivity index (χ3v) is 7.04. The fourth-order valence-electron chi connectivity index (χ4n) is 3.82. The molecule has 0 aliphatic rings. The van der Waals surface area contributed by atoms with Gasteiger partial charge in [-0.2, -0.15) is 13.2 Å². The van der Waals surface area contributed by atoms with Crippen molar-refractivity contribution in [1.29, 1.82) is 0 Å². The van der Waals surface area contributed by atoms with Crippen molar-refractivity contribution in [2.75, 3.05) is 6.61 Å². The maximum atomic E-state index is 12.9. The van der Waals surface area contributed by atoms with E-state index < -0.39 is 23.8 Å². The van der Waals surface area contributed by atoms with Crippen molar-refractivity contribution in [3.8, 4) is 16.3 Å². The van der Waals surface area contributed by atoms with Gasteiger partial charge in [-0.15, -0.1) is 11.3 Å². The summed E-state index contributed by atoms with van der Waals surface area (Å²) in [5.41, 5.74) is 2.36. The number of ether oxygens (including phenoxy) is 2. The van der Waals surface area contributed by atoms with Gasteiger partial charge in [-0.25, -0.2) is 4.98 Å². The van der Waals surface area contributed by atoms with Crippen LogP contribution in [-0.2, 0) is 22.1 Å². The third kappa shape index (κ3) is 6.64. The van der Waals surface area contributed by atoms with E-state index in [0.29, 0.717) is 16.3 Å². The molecule has 0 N–H and O–H groups in total. The van der Waals surface area contributed by atoms with Crippen LogP contribution in [0.15, 0.2) is 42.5 Å². The summed E-state index contributed by atoms with van der Waals surface area (Å²) in [6.45, 7) is 9.80. The minimum absolute atomic E-state index is 0.0880. The Labute approximate surface area is 212 Å². The van der Waals surface area contributed by atoms with Gasteiger partial charge in [-0.05, 0) is 62.1 Å². The van der Waals surface area contributed by atoms with Crippen LogP contribution in [0.3, 0.4) is 0 Å². The van der Waals surface area contributed by atoms with Crippen molar-refractivity contribution >= 4 is 17.3 Å². The molecule has 2 unspecified atom stereocenters. The van der Waals surface area contributed by atoms with E-state index in [0.717, 1.165) is 33.8 Å². The molecule has 3 aromatic rings. The van der Waals surface area contributed by atoms with E-state index in [9.17, 15) is 23.1 Å². The summed E-state index contributed by atoms with van der Waals surface area (Å²) < 4.78 is 50.4. The van der Waals surface area contributed by atoms with Gasteiger partial charge in [0, 0.05) is 18.6 Å². The molecule has 2 aromatic carbocycles. The first kappa shape index (κ1) is 27.7. The van der Waals surface area contributed by atoms with Gasteiger partial charge < -0.3 is 19.4 Å². The van der Waals surface area contributed by atoms with Crippen molar-refractivity contribution in [2.45, 2.75) is 59.4 Å². The number of carbonyl (C=O) groups is 1. The number of rotatable bonds is 10. The summed E-state index contributed by atoms with van der Waals surface area (Å²) in [4.78, 5) is 16.8. The first-order chi connectivity index (χ1) is 16.9. The highest BCUT2D eigenvalue weighted by molar-refractivity contribution is 7.15. The SMILES string of the molecule is CCOC(Cc1ccc(OC(c2sc(-c3ccc(C(F)(F)F)cc3)nc2C)C(C)C)cc1C)C(=O)[O-]. The summed E-state index contributed by atoms with van der Waals surface area (Å²) >= 11 is 1.40. The van der Waals surface area contributed by atoms with Crippen LogP contribution in [-0.4, -0.2) is 23.7 Å². The van der Waals surface area contributed by atoms with E-state index >= 15 is 0 Å². The average Bonchev–Trinajstić information content (AvgIpc) is 3.19. The van der Waals surface area contributed by atoms with Gasteiger partial charge >= 0.3 is 6.18 Å². The second kappa shape index (κ2) is 11.4. The first-order valence-corrected chi connectivity index (χ1v) is 12.5. The highest BCUT2D eigenvalue weighted by atomic mass is 32.1. The number of nitrogens with zero attached hydrogens (tertiary/aromatic N) is 1. The zero-order valence-corrected chi connectivity index (χ0v) is 21.6. The number of thiazole rings is 1. The molecule has 1 aromatic heterocycles. The van der Waals surface area contributed by atoms with Crippen LogP contribution in [0.5, 0.6) is 5.75 Å². The van der Waals surface area contributed by atoms with E-state index in [1.807, 2.05) is 39.8 Å². The van der Waals surface area contributed by atoms with Crippen molar-refractivity contribution in [3.05, 3.63) is 69.7 Å². The number of carboxylic acid groups (broad SMARTS) is 1. The average molecular weight is 521 g/mol. The molecule has 0 aliphatic carbocycles. The number of aliphatic carboxylic acids is 1. The smallest absolute Gasteiger partial charge is 0.416 e. The highest BCUT2D eigenvalue weighted by Gasteiger charge is 2.30. The van der Waals surface area contributed by atoms with Crippen LogP contribution in [0, 0.1) is 19.8 Å². The Morgan fingerprint density at radius 2 is 1.78 bits per heavy atom. The summed E-state index contributed by atoms with van der Waals surface area (Å²) in [6, 6.07) is 10.5. The zero-order chi connectivity index (χ0) is 26.6. The molecule has 0 amide bonds. The molecular formula is C27H29F3NO4S-. The number of hydrogen-bond acceptors (Lipinski definition) is 6. The van der Waals surface area contributed by atoms with Crippen LogP contribution < -0.4 is 9.84 Å². The van der Waals surface area contributed by atoms with E-state index in [-0.39, 0.29) is 25.0 Å². The Hall–Kier alpha value is -2.91. The van der Waals surface area contributed by atoms with E-state index in [1.165, 1.54) is 23.5 Å². The topological polar surface area (TPSA) is 71.5 Å². The van der Waals surface area contributed by atoms with Gasteiger partial charge in [0.05, 0.1) is 22.1 Å². The number of halogens is 3. The number of aromatic nitrogens is 1. The summed E-state index contributed by atoms with van der Waals surface area (Å²) in [5.74, 6) is -0.536. The van der Waals surface area contributed by atoms with Crippen molar-refractivity contribution < 1.29 is 32.5 Å². The lowest BCUT2D eigenvalue weighted by molar-refractivity contribution is -0.316. The molecule has 3 rings (SSSR count). The van der Waals surface area contributed by atoms with Crippen molar-refractivity contribution in [3.63, 3.8) is 0 Å². The number of carboxylic acids is 1. The summed E-state index contributed by atoms with van der Waals surface area (Å²) in [6.07, 6.45) is -5.54. The lowest BCUT2D eigenvalue weighted by Gasteiger charge is -2.23. The van der Waals surface area contributed by atoms with E-state index in [1.54, 1.807) is 13.0 Å². The molecular weight excluding hydrogens is 491 g/mol. The number of alkyl halides is 3. The molecule has 5 nitrogen and oxygen atoms in total. The molecule has 0 spiro atoms. The number of hydrogen-bond donors (Lipinski definition) is 0. The second-order valence-electron chi connectivity index (χ2n) is 8.88. The van der Waals surface area contributed by atoms with E-state index in [2.05, 4.69) is 4.98 Å². The minimum Gasteiger partial charge on any atom is -0.547 e.